The van der Waals surface area contributed by atoms with Gasteiger partial charge in [-0.2, -0.15) is 0 Å². The second-order valence-corrected chi connectivity index (χ2v) is 4.10. The summed E-state index contributed by atoms with van der Waals surface area (Å²) < 4.78 is 5.26. The SMILES string of the molecule is CC(=O)O[C@@H]1CCC[C@H]1CN(C)C. The number of ether oxygens (including phenoxy) is 1. The maximum Gasteiger partial charge on any atom is 0.302 e. The zero-order chi connectivity index (χ0) is 9.84. The number of carbonyl (C=O) groups excluding carboxylic acids is 1. The molecule has 76 valence electrons. The summed E-state index contributed by atoms with van der Waals surface area (Å²) in [4.78, 5) is 13.0. The highest BCUT2D eigenvalue weighted by atomic mass is 16.5. The summed E-state index contributed by atoms with van der Waals surface area (Å²) in [5, 5.41) is 0. The second-order valence-electron chi connectivity index (χ2n) is 4.10. The van der Waals surface area contributed by atoms with E-state index in [-0.39, 0.29) is 12.1 Å². The molecule has 1 rings (SSSR count). The molecule has 2 atom stereocenters. The van der Waals surface area contributed by atoms with Crippen LogP contribution in [0.3, 0.4) is 0 Å². The van der Waals surface area contributed by atoms with E-state index in [1.165, 1.54) is 19.8 Å². The predicted molar refractivity (Wildman–Crippen MR) is 51.4 cm³/mol. The van der Waals surface area contributed by atoms with E-state index in [2.05, 4.69) is 19.0 Å². The first-order valence-electron chi connectivity index (χ1n) is 4.91. The van der Waals surface area contributed by atoms with Gasteiger partial charge >= 0.3 is 5.97 Å². The highest BCUT2D eigenvalue weighted by molar-refractivity contribution is 5.66. The molecule has 0 aliphatic heterocycles. The summed E-state index contributed by atoms with van der Waals surface area (Å²) in [6.45, 7) is 2.52. The third kappa shape index (κ3) is 3.35. The van der Waals surface area contributed by atoms with Gasteiger partial charge < -0.3 is 9.64 Å². The molecule has 0 unspecified atom stereocenters. The molecule has 1 saturated carbocycles. The Hall–Kier alpha value is -0.570. The van der Waals surface area contributed by atoms with Crippen molar-refractivity contribution in [1.29, 1.82) is 0 Å². The van der Waals surface area contributed by atoms with Crippen LogP contribution in [-0.4, -0.2) is 37.6 Å². The highest BCUT2D eigenvalue weighted by Crippen LogP contribution is 2.28. The van der Waals surface area contributed by atoms with Gasteiger partial charge in [0.1, 0.15) is 6.10 Å². The van der Waals surface area contributed by atoms with E-state index in [0.717, 1.165) is 13.0 Å². The molecule has 0 saturated heterocycles. The quantitative estimate of drug-likeness (QED) is 0.620. The molecule has 1 fully saturated rings. The van der Waals surface area contributed by atoms with Crippen molar-refractivity contribution < 1.29 is 9.53 Å². The third-order valence-electron chi connectivity index (χ3n) is 2.51. The minimum atomic E-state index is -0.143. The fraction of sp³-hybridized carbons (Fsp3) is 0.900. The summed E-state index contributed by atoms with van der Waals surface area (Å²) in [6.07, 6.45) is 3.59. The molecule has 0 amide bonds. The van der Waals surface area contributed by atoms with Crippen molar-refractivity contribution in [3.8, 4) is 0 Å². The predicted octanol–water partition coefficient (Wildman–Crippen LogP) is 1.28. The first-order chi connectivity index (χ1) is 6.09. The Kier molecular flexibility index (Phi) is 3.72. The number of hydrogen-bond acceptors (Lipinski definition) is 3. The van der Waals surface area contributed by atoms with Gasteiger partial charge in [-0.3, -0.25) is 4.79 Å². The first kappa shape index (κ1) is 10.5. The summed E-state index contributed by atoms with van der Waals surface area (Å²) in [5.74, 6) is 0.398. The van der Waals surface area contributed by atoms with Crippen molar-refractivity contribution in [2.45, 2.75) is 32.3 Å². The van der Waals surface area contributed by atoms with E-state index in [1.54, 1.807) is 0 Å². The van der Waals surface area contributed by atoms with Crippen LogP contribution in [0.5, 0.6) is 0 Å². The fourth-order valence-electron chi connectivity index (χ4n) is 2.05. The summed E-state index contributed by atoms with van der Waals surface area (Å²) in [5.41, 5.74) is 0. The monoisotopic (exact) mass is 185 g/mol. The largest absolute Gasteiger partial charge is 0.462 e. The van der Waals surface area contributed by atoms with Crippen LogP contribution >= 0.6 is 0 Å². The minimum Gasteiger partial charge on any atom is -0.462 e. The van der Waals surface area contributed by atoms with Crippen molar-refractivity contribution in [1.82, 2.24) is 4.90 Å². The van der Waals surface area contributed by atoms with Crippen LogP contribution in [0.2, 0.25) is 0 Å². The molecule has 0 spiro atoms. The number of carbonyl (C=O) groups is 1. The van der Waals surface area contributed by atoms with Crippen LogP contribution in [0.15, 0.2) is 0 Å². The molecular formula is C10H19NO2. The molecule has 13 heavy (non-hydrogen) atoms. The van der Waals surface area contributed by atoms with Crippen molar-refractivity contribution in [2.75, 3.05) is 20.6 Å². The average Bonchev–Trinajstić information content (AvgIpc) is 2.34. The van der Waals surface area contributed by atoms with E-state index < -0.39 is 0 Å². The molecule has 1 aliphatic rings. The topological polar surface area (TPSA) is 29.5 Å². The van der Waals surface area contributed by atoms with Gasteiger partial charge in [-0.05, 0) is 33.4 Å². The van der Waals surface area contributed by atoms with Gasteiger partial charge in [0, 0.05) is 19.4 Å². The number of esters is 1. The molecule has 0 aromatic rings. The summed E-state index contributed by atoms with van der Waals surface area (Å²) in [6, 6.07) is 0. The zero-order valence-corrected chi connectivity index (χ0v) is 8.75. The van der Waals surface area contributed by atoms with Gasteiger partial charge in [-0.1, -0.05) is 0 Å². The average molecular weight is 185 g/mol. The van der Waals surface area contributed by atoms with Crippen LogP contribution in [0.25, 0.3) is 0 Å². The molecule has 0 N–H and O–H groups in total. The molecular weight excluding hydrogens is 166 g/mol. The van der Waals surface area contributed by atoms with Crippen LogP contribution in [0, 0.1) is 5.92 Å². The lowest BCUT2D eigenvalue weighted by Gasteiger charge is -2.22. The molecule has 3 heteroatoms. The normalized spacial score (nSPS) is 28.0. The minimum absolute atomic E-state index is 0.143. The molecule has 0 aromatic carbocycles. The van der Waals surface area contributed by atoms with Gasteiger partial charge in [-0.25, -0.2) is 0 Å². The van der Waals surface area contributed by atoms with Gasteiger partial charge in [0.15, 0.2) is 0 Å². The summed E-state index contributed by atoms with van der Waals surface area (Å²) >= 11 is 0. The maximum atomic E-state index is 10.8. The molecule has 0 aromatic heterocycles. The Labute approximate surface area is 80.1 Å². The van der Waals surface area contributed by atoms with Gasteiger partial charge in [0.2, 0.25) is 0 Å². The zero-order valence-electron chi connectivity index (χ0n) is 8.75. The number of hydrogen-bond donors (Lipinski definition) is 0. The van der Waals surface area contributed by atoms with Crippen LogP contribution in [-0.2, 0) is 9.53 Å². The third-order valence-corrected chi connectivity index (χ3v) is 2.51. The smallest absolute Gasteiger partial charge is 0.302 e. The Morgan fingerprint density at radius 2 is 2.15 bits per heavy atom. The van der Waals surface area contributed by atoms with E-state index >= 15 is 0 Å². The molecule has 0 radical (unpaired) electrons. The lowest BCUT2D eigenvalue weighted by Crippen LogP contribution is -2.29. The molecule has 0 heterocycles. The Bertz CT molecular complexity index is 180. The lowest BCUT2D eigenvalue weighted by molar-refractivity contribution is -0.148. The van der Waals surface area contributed by atoms with Crippen LogP contribution < -0.4 is 0 Å². The van der Waals surface area contributed by atoms with Crippen molar-refractivity contribution in [3.63, 3.8) is 0 Å². The van der Waals surface area contributed by atoms with Gasteiger partial charge in [0.05, 0.1) is 0 Å². The van der Waals surface area contributed by atoms with Gasteiger partial charge in [-0.15, -0.1) is 0 Å². The molecule has 3 nitrogen and oxygen atoms in total. The van der Waals surface area contributed by atoms with Crippen LogP contribution in [0.4, 0.5) is 0 Å². The van der Waals surface area contributed by atoms with Crippen molar-refractivity contribution in [3.05, 3.63) is 0 Å². The van der Waals surface area contributed by atoms with E-state index in [4.69, 9.17) is 4.74 Å². The first-order valence-corrected chi connectivity index (χ1v) is 4.91. The number of nitrogens with zero attached hydrogens (tertiary/aromatic N) is 1. The summed E-state index contributed by atoms with van der Waals surface area (Å²) in [7, 11) is 4.12. The Balaban J connectivity index is 2.39. The van der Waals surface area contributed by atoms with Gasteiger partial charge in [0.25, 0.3) is 0 Å². The lowest BCUT2D eigenvalue weighted by atomic mass is 10.1. The van der Waals surface area contributed by atoms with Crippen molar-refractivity contribution >= 4 is 5.97 Å². The fourth-order valence-corrected chi connectivity index (χ4v) is 2.05. The van der Waals surface area contributed by atoms with E-state index in [9.17, 15) is 4.79 Å². The number of rotatable bonds is 3. The van der Waals surface area contributed by atoms with Crippen molar-refractivity contribution in [2.24, 2.45) is 5.92 Å². The maximum absolute atomic E-state index is 10.8. The highest BCUT2D eigenvalue weighted by Gasteiger charge is 2.29. The van der Waals surface area contributed by atoms with E-state index in [0.29, 0.717) is 5.92 Å². The Morgan fingerprint density at radius 3 is 2.69 bits per heavy atom. The van der Waals surface area contributed by atoms with E-state index in [1.807, 2.05) is 0 Å². The molecule has 0 bridgehead atoms. The second kappa shape index (κ2) is 4.61. The standard InChI is InChI=1S/C10H19NO2/c1-8(12)13-10-6-4-5-9(10)7-11(2)3/h9-10H,4-7H2,1-3H3/t9-,10+/m0/s1. The molecule has 1 aliphatic carbocycles. The van der Waals surface area contributed by atoms with Crippen LogP contribution in [0.1, 0.15) is 26.2 Å². The Morgan fingerprint density at radius 1 is 1.46 bits per heavy atom.